The van der Waals surface area contributed by atoms with E-state index in [0.717, 1.165) is 0 Å². The van der Waals surface area contributed by atoms with Crippen LogP contribution in [0.15, 0.2) is 9.85 Å². The van der Waals surface area contributed by atoms with Crippen LogP contribution >= 0.6 is 27.3 Å². The van der Waals surface area contributed by atoms with Crippen LogP contribution < -0.4 is 4.74 Å². The van der Waals surface area contributed by atoms with Gasteiger partial charge in [0.05, 0.1) is 11.6 Å². The molecule has 106 valence electrons. The number of hydrogen-bond donors (Lipinski definition) is 0. The Labute approximate surface area is 124 Å². The summed E-state index contributed by atoms with van der Waals surface area (Å²) in [4.78, 5) is 23.3. The maximum Gasteiger partial charge on any atom is 0.351 e. The van der Waals surface area contributed by atoms with Crippen molar-refractivity contribution in [3.05, 3.63) is 14.7 Å². The summed E-state index contributed by atoms with van der Waals surface area (Å²) in [6, 6.07) is 0. The lowest BCUT2D eigenvalue weighted by atomic mass is 10.2. The van der Waals surface area contributed by atoms with Crippen molar-refractivity contribution in [1.82, 2.24) is 0 Å². The van der Waals surface area contributed by atoms with Crippen molar-refractivity contribution in [2.45, 2.75) is 26.4 Å². The van der Waals surface area contributed by atoms with Crippen LogP contribution in [0, 0.1) is 0 Å². The molecule has 0 bridgehead atoms. The molecule has 0 saturated carbocycles. The van der Waals surface area contributed by atoms with Crippen molar-refractivity contribution >= 4 is 39.2 Å². The number of rotatable bonds is 4. The molecule has 0 spiro atoms. The Balaban J connectivity index is 2.70. The molecule has 1 rings (SSSR count). The molecule has 0 atom stereocenters. The van der Waals surface area contributed by atoms with Crippen LogP contribution in [0.5, 0.6) is 5.75 Å². The highest BCUT2D eigenvalue weighted by Crippen LogP contribution is 2.35. The number of halogens is 1. The Bertz CT molecular complexity index is 475. The summed E-state index contributed by atoms with van der Waals surface area (Å²) in [5.74, 6) is -0.709. The van der Waals surface area contributed by atoms with Crippen LogP contribution in [-0.2, 0) is 14.3 Å². The van der Waals surface area contributed by atoms with Gasteiger partial charge in [0, 0.05) is 5.38 Å². The lowest BCUT2D eigenvalue weighted by molar-refractivity contribution is -0.157. The molecule has 0 saturated heterocycles. The van der Waals surface area contributed by atoms with Gasteiger partial charge in [-0.3, -0.25) is 0 Å². The van der Waals surface area contributed by atoms with Gasteiger partial charge in [0.15, 0.2) is 17.2 Å². The van der Waals surface area contributed by atoms with E-state index in [9.17, 15) is 9.59 Å². The molecule has 1 aromatic heterocycles. The van der Waals surface area contributed by atoms with Gasteiger partial charge in [-0.1, -0.05) is 0 Å². The molecular weight excluding hydrogens is 336 g/mol. The Kier molecular flexibility index (Phi) is 5.37. The van der Waals surface area contributed by atoms with E-state index in [1.807, 2.05) is 0 Å². The van der Waals surface area contributed by atoms with E-state index >= 15 is 0 Å². The van der Waals surface area contributed by atoms with Gasteiger partial charge in [-0.2, -0.15) is 0 Å². The standard InChI is InChI=1S/C12H15BrO5S/c1-12(2,3)18-8(14)5-17-9-7(13)6-19-10(9)11(15)16-4/h6H,5H2,1-4H3. The van der Waals surface area contributed by atoms with Gasteiger partial charge >= 0.3 is 11.9 Å². The minimum atomic E-state index is -0.572. The predicted molar refractivity (Wildman–Crippen MR) is 74.7 cm³/mol. The zero-order chi connectivity index (χ0) is 14.6. The molecule has 5 nitrogen and oxygen atoms in total. The van der Waals surface area contributed by atoms with E-state index in [0.29, 0.717) is 15.1 Å². The lowest BCUT2D eigenvalue weighted by Crippen LogP contribution is -2.27. The van der Waals surface area contributed by atoms with Gasteiger partial charge in [-0.25, -0.2) is 9.59 Å². The summed E-state index contributed by atoms with van der Waals surface area (Å²) in [5, 5.41) is 1.69. The molecule has 1 heterocycles. The summed E-state index contributed by atoms with van der Waals surface area (Å²) in [5.41, 5.74) is -0.572. The van der Waals surface area contributed by atoms with E-state index in [1.54, 1.807) is 26.2 Å². The fourth-order valence-electron chi connectivity index (χ4n) is 1.20. The summed E-state index contributed by atoms with van der Waals surface area (Å²) in [6.07, 6.45) is 0. The highest BCUT2D eigenvalue weighted by atomic mass is 79.9. The van der Waals surface area contributed by atoms with E-state index < -0.39 is 17.5 Å². The smallest absolute Gasteiger partial charge is 0.351 e. The molecule has 1 aromatic rings. The number of carbonyl (C=O) groups is 2. The molecule has 0 aliphatic rings. The number of esters is 2. The fraction of sp³-hybridized carbons (Fsp3) is 0.500. The van der Waals surface area contributed by atoms with Crippen LogP contribution in [0.2, 0.25) is 0 Å². The third-order valence-corrected chi connectivity index (χ3v) is 3.66. The van der Waals surface area contributed by atoms with Crippen molar-refractivity contribution in [2.24, 2.45) is 0 Å². The molecular formula is C12H15BrO5S. The van der Waals surface area contributed by atoms with Gasteiger partial charge in [0.1, 0.15) is 5.60 Å². The van der Waals surface area contributed by atoms with Gasteiger partial charge in [-0.15, -0.1) is 11.3 Å². The average Bonchev–Trinajstić information content (AvgIpc) is 2.65. The van der Waals surface area contributed by atoms with E-state index in [4.69, 9.17) is 9.47 Å². The maximum absolute atomic E-state index is 11.5. The van der Waals surface area contributed by atoms with Crippen LogP contribution in [0.4, 0.5) is 0 Å². The summed E-state index contributed by atoms with van der Waals surface area (Å²) in [6.45, 7) is 5.04. The Hall–Kier alpha value is -1.08. The largest absolute Gasteiger partial charge is 0.479 e. The quantitative estimate of drug-likeness (QED) is 0.781. The van der Waals surface area contributed by atoms with Crippen molar-refractivity contribution < 1.29 is 23.8 Å². The fourth-order valence-corrected chi connectivity index (χ4v) is 2.70. The second-order valence-corrected chi connectivity index (χ2v) is 6.34. The second-order valence-electron chi connectivity index (χ2n) is 4.61. The molecule has 7 heteroatoms. The first-order chi connectivity index (χ1) is 8.74. The van der Waals surface area contributed by atoms with Crippen molar-refractivity contribution in [1.29, 1.82) is 0 Å². The predicted octanol–water partition coefficient (Wildman–Crippen LogP) is 3.02. The molecule has 0 radical (unpaired) electrons. The zero-order valence-corrected chi connectivity index (χ0v) is 13.5. The van der Waals surface area contributed by atoms with E-state index in [2.05, 4.69) is 20.7 Å². The van der Waals surface area contributed by atoms with Gasteiger partial charge in [-0.05, 0) is 36.7 Å². The first-order valence-electron chi connectivity index (χ1n) is 5.44. The normalized spacial score (nSPS) is 11.0. The third kappa shape index (κ3) is 4.83. The molecule has 0 aromatic carbocycles. The molecule has 0 N–H and O–H groups in total. The third-order valence-electron chi connectivity index (χ3n) is 1.83. The first-order valence-corrected chi connectivity index (χ1v) is 7.12. The van der Waals surface area contributed by atoms with Gasteiger partial charge in [0.25, 0.3) is 0 Å². The highest BCUT2D eigenvalue weighted by Gasteiger charge is 2.22. The second kappa shape index (κ2) is 6.38. The minimum Gasteiger partial charge on any atom is -0.479 e. The number of methoxy groups -OCH3 is 1. The number of carbonyl (C=O) groups excluding carboxylic acids is 2. The lowest BCUT2D eigenvalue weighted by Gasteiger charge is -2.19. The molecule has 0 amide bonds. The van der Waals surface area contributed by atoms with E-state index in [-0.39, 0.29) is 6.61 Å². The summed E-state index contributed by atoms with van der Waals surface area (Å²) >= 11 is 4.43. The molecule has 0 aliphatic carbocycles. The Morgan fingerprint density at radius 2 is 2.00 bits per heavy atom. The molecule has 0 unspecified atom stereocenters. The number of ether oxygens (including phenoxy) is 3. The van der Waals surface area contributed by atoms with Gasteiger partial charge < -0.3 is 14.2 Å². The minimum absolute atomic E-state index is 0.267. The van der Waals surface area contributed by atoms with Crippen LogP contribution in [-0.4, -0.2) is 31.3 Å². The highest BCUT2D eigenvalue weighted by molar-refractivity contribution is 9.10. The van der Waals surface area contributed by atoms with Crippen molar-refractivity contribution in [3.8, 4) is 5.75 Å². The Morgan fingerprint density at radius 3 is 2.53 bits per heavy atom. The molecule has 19 heavy (non-hydrogen) atoms. The van der Waals surface area contributed by atoms with Crippen LogP contribution in [0.1, 0.15) is 30.4 Å². The average molecular weight is 351 g/mol. The topological polar surface area (TPSA) is 61.8 Å². The number of hydrogen-bond acceptors (Lipinski definition) is 6. The first kappa shape index (κ1) is 16.0. The Morgan fingerprint density at radius 1 is 1.37 bits per heavy atom. The summed E-state index contributed by atoms with van der Waals surface area (Å²) in [7, 11) is 1.29. The molecule has 0 fully saturated rings. The van der Waals surface area contributed by atoms with Crippen LogP contribution in [0.25, 0.3) is 0 Å². The SMILES string of the molecule is COC(=O)c1scc(Br)c1OCC(=O)OC(C)(C)C. The zero-order valence-electron chi connectivity index (χ0n) is 11.1. The number of thiophene rings is 1. The van der Waals surface area contributed by atoms with Gasteiger partial charge in [0.2, 0.25) is 0 Å². The van der Waals surface area contributed by atoms with Crippen LogP contribution in [0.3, 0.4) is 0 Å². The summed E-state index contributed by atoms with van der Waals surface area (Å²) < 4.78 is 15.7. The van der Waals surface area contributed by atoms with Crippen molar-refractivity contribution in [2.75, 3.05) is 13.7 Å². The maximum atomic E-state index is 11.5. The van der Waals surface area contributed by atoms with E-state index in [1.165, 1.54) is 18.4 Å². The molecule has 0 aliphatic heterocycles. The monoisotopic (exact) mass is 350 g/mol. The van der Waals surface area contributed by atoms with Crippen molar-refractivity contribution in [3.63, 3.8) is 0 Å².